The van der Waals surface area contributed by atoms with E-state index in [4.69, 9.17) is 11.6 Å². The smallest absolute Gasteiger partial charge is 0.273 e. The number of rotatable bonds is 6. The van der Waals surface area contributed by atoms with E-state index >= 15 is 0 Å². The first-order chi connectivity index (χ1) is 14.7. The van der Waals surface area contributed by atoms with Crippen molar-refractivity contribution in [3.63, 3.8) is 0 Å². The maximum atomic E-state index is 12.1. The van der Waals surface area contributed by atoms with Crippen LogP contribution in [0.4, 0.5) is 11.6 Å². The summed E-state index contributed by atoms with van der Waals surface area (Å²) in [5.74, 6) is 2.27. The number of halogens is 1. The standard InChI is InChI=1S/C22H23ClN6O/c23-18-2-1-9-29(22(18)30)17-7-8-20(25-11-17)27-15-5-6-16(10-15)28-21-13-24-19(12-26-21)14-3-4-14/h1-2,7-9,11-16H,3-6,10H2,(H,25,27)(H,26,28)/t15-,16-/m0/s1. The second-order valence-corrected chi connectivity index (χ2v) is 8.44. The van der Waals surface area contributed by atoms with Crippen LogP contribution in [-0.2, 0) is 0 Å². The van der Waals surface area contributed by atoms with Crippen LogP contribution in [0.2, 0.25) is 5.02 Å². The van der Waals surface area contributed by atoms with Crippen molar-refractivity contribution in [1.82, 2.24) is 19.5 Å². The van der Waals surface area contributed by atoms with E-state index in [1.807, 2.05) is 24.5 Å². The quantitative estimate of drug-likeness (QED) is 0.624. The molecule has 8 heteroatoms. The van der Waals surface area contributed by atoms with E-state index in [0.717, 1.165) is 36.6 Å². The lowest BCUT2D eigenvalue weighted by Crippen LogP contribution is -2.22. The van der Waals surface area contributed by atoms with Gasteiger partial charge in [0.2, 0.25) is 0 Å². The maximum absolute atomic E-state index is 12.1. The van der Waals surface area contributed by atoms with Crippen molar-refractivity contribution in [2.24, 2.45) is 0 Å². The van der Waals surface area contributed by atoms with Crippen molar-refractivity contribution in [3.8, 4) is 5.69 Å². The van der Waals surface area contributed by atoms with Gasteiger partial charge in [0.1, 0.15) is 16.7 Å². The Hall–Kier alpha value is -2.93. The van der Waals surface area contributed by atoms with Crippen molar-refractivity contribution >= 4 is 23.2 Å². The lowest BCUT2D eigenvalue weighted by atomic mass is 10.2. The average Bonchev–Trinajstić information content (AvgIpc) is 3.52. The molecule has 0 aliphatic heterocycles. The van der Waals surface area contributed by atoms with Crippen molar-refractivity contribution in [2.75, 3.05) is 10.6 Å². The highest BCUT2D eigenvalue weighted by Crippen LogP contribution is 2.38. The topological polar surface area (TPSA) is 84.7 Å². The SMILES string of the molecule is O=c1c(Cl)cccn1-c1ccc(N[C@H]2CC[C@H](Nc3cnc(C4CC4)cn3)C2)nc1. The molecule has 0 radical (unpaired) electrons. The molecule has 0 aromatic carbocycles. The number of nitrogens with one attached hydrogen (secondary N) is 2. The van der Waals surface area contributed by atoms with Gasteiger partial charge in [0.15, 0.2) is 0 Å². The Bertz CT molecular complexity index is 1080. The summed E-state index contributed by atoms with van der Waals surface area (Å²) in [7, 11) is 0. The predicted octanol–water partition coefficient (Wildman–Crippen LogP) is 4.00. The molecule has 154 valence electrons. The Balaban J connectivity index is 1.17. The molecule has 0 bridgehead atoms. The largest absolute Gasteiger partial charge is 0.367 e. The molecule has 2 saturated carbocycles. The van der Waals surface area contributed by atoms with Gasteiger partial charge in [-0.1, -0.05) is 11.6 Å². The molecule has 0 saturated heterocycles. The second kappa shape index (κ2) is 8.07. The highest BCUT2D eigenvalue weighted by Gasteiger charge is 2.27. The van der Waals surface area contributed by atoms with Gasteiger partial charge >= 0.3 is 0 Å². The fourth-order valence-electron chi connectivity index (χ4n) is 3.95. The van der Waals surface area contributed by atoms with Gasteiger partial charge < -0.3 is 10.6 Å². The first-order valence-corrected chi connectivity index (χ1v) is 10.7. The van der Waals surface area contributed by atoms with E-state index < -0.39 is 0 Å². The van der Waals surface area contributed by atoms with Gasteiger partial charge in [-0.05, 0) is 56.4 Å². The number of pyridine rings is 2. The monoisotopic (exact) mass is 422 g/mol. The number of hydrogen-bond donors (Lipinski definition) is 2. The summed E-state index contributed by atoms with van der Waals surface area (Å²) in [5, 5.41) is 7.18. The Morgan fingerprint density at radius 1 is 0.900 bits per heavy atom. The maximum Gasteiger partial charge on any atom is 0.273 e. The van der Waals surface area contributed by atoms with Crippen LogP contribution in [0.5, 0.6) is 0 Å². The molecule has 2 N–H and O–H groups in total. The molecular weight excluding hydrogens is 400 g/mol. The molecule has 2 aliphatic carbocycles. The van der Waals surface area contributed by atoms with Crippen LogP contribution < -0.4 is 16.2 Å². The third kappa shape index (κ3) is 4.16. The van der Waals surface area contributed by atoms with Gasteiger partial charge in [-0.15, -0.1) is 0 Å². The molecule has 3 aromatic rings. The van der Waals surface area contributed by atoms with Crippen LogP contribution in [0.15, 0.2) is 53.8 Å². The summed E-state index contributed by atoms with van der Waals surface area (Å²) in [6.45, 7) is 0. The third-order valence-electron chi connectivity index (χ3n) is 5.73. The van der Waals surface area contributed by atoms with Crippen LogP contribution in [0, 0.1) is 0 Å². The number of nitrogens with zero attached hydrogens (tertiary/aromatic N) is 4. The molecule has 2 aliphatic rings. The van der Waals surface area contributed by atoms with Gasteiger partial charge in [0.25, 0.3) is 5.56 Å². The Morgan fingerprint density at radius 2 is 1.67 bits per heavy atom. The molecule has 0 spiro atoms. The summed E-state index contributed by atoms with van der Waals surface area (Å²) in [4.78, 5) is 25.7. The van der Waals surface area contributed by atoms with E-state index in [-0.39, 0.29) is 10.6 Å². The minimum Gasteiger partial charge on any atom is -0.367 e. The van der Waals surface area contributed by atoms with Crippen LogP contribution in [0.25, 0.3) is 5.69 Å². The molecule has 3 heterocycles. The Labute approximate surface area is 179 Å². The van der Waals surface area contributed by atoms with Gasteiger partial charge in [0, 0.05) is 24.2 Å². The van der Waals surface area contributed by atoms with Crippen molar-refractivity contribution in [1.29, 1.82) is 0 Å². The molecule has 2 fully saturated rings. The normalized spacial score (nSPS) is 20.8. The molecule has 2 atom stereocenters. The van der Waals surface area contributed by atoms with E-state index in [0.29, 0.717) is 23.7 Å². The zero-order chi connectivity index (χ0) is 20.5. The fourth-order valence-corrected chi connectivity index (χ4v) is 4.11. The molecule has 0 amide bonds. The molecule has 30 heavy (non-hydrogen) atoms. The summed E-state index contributed by atoms with van der Waals surface area (Å²) in [5.41, 5.74) is 1.55. The lowest BCUT2D eigenvalue weighted by Gasteiger charge is -2.16. The first kappa shape index (κ1) is 19.1. The molecule has 7 nitrogen and oxygen atoms in total. The fraction of sp³-hybridized carbons (Fsp3) is 0.364. The summed E-state index contributed by atoms with van der Waals surface area (Å²) < 4.78 is 1.49. The lowest BCUT2D eigenvalue weighted by molar-refractivity contribution is 0.719. The van der Waals surface area contributed by atoms with Crippen molar-refractivity contribution in [2.45, 2.75) is 50.1 Å². The number of aromatic nitrogens is 4. The first-order valence-electron chi connectivity index (χ1n) is 10.3. The molecular formula is C22H23ClN6O. The second-order valence-electron chi connectivity index (χ2n) is 8.03. The van der Waals surface area contributed by atoms with Crippen LogP contribution in [0.3, 0.4) is 0 Å². The van der Waals surface area contributed by atoms with E-state index in [2.05, 4.69) is 25.6 Å². The number of hydrogen-bond acceptors (Lipinski definition) is 6. The molecule has 0 unspecified atom stereocenters. The highest BCUT2D eigenvalue weighted by atomic mass is 35.5. The van der Waals surface area contributed by atoms with Crippen LogP contribution in [-0.4, -0.2) is 31.6 Å². The van der Waals surface area contributed by atoms with Gasteiger partial charge in [0.05, 0.1) is 30.0 Å². The summed E-state index contributed by atoms with van der Waals surface area (Å²) in [6.07, 6.45) is 12.7. The Morgan fingerprint density at radius 3 is 2.33 bits per heavy atom. The van der Waals surface area contributed by atoms with Crippen LogP contribution >= 0.6 is 11.6 Å². The zero-order valence-corrected chi connectivity index (χ0v) is 17.2. The van der Waals surface area contributed by atoms with Gasteiger partial charge in [-0.25, -0.2) is 9.97 Å². The van der Waals surface area contributed by atoms with Gasteiger partial charge in [-0.3, -0.25) is 14.3 Å². The Kier molecular flexibility index (Phi) is 5.12. The predicted molar refractivity (Wildman–Crippen MR) is 118 cm³/mol. The van der Waals surface area contributed by atoms with E-state index in [9.17, 15) is 4.79 Å². The summed E-state index contributed by atoms with van der Waals surface area (Å²) >= 11 is 5.92. The van der Waals surface area contributed by atoms with Gasteiger partial charge in [-0.2, -0.15) is 0 Å². The van der Waals surface area contributed by atoms with Crippen molar-refractivity contribution < 1.29 is 0 Å². The van der Waals surface area contributed by atoms with Crippen molar-refractivity contribution in [3.05, 3.63) is 70.1 Å². The van der Waals surface area contributed by atoms with E-state index in [1.165, 1.54) is 17.4 Å². The zero-order valence-electron chi connectivity index (χ0n) is 16.5. The number of anilines is 2. The molecule has 5 rings (SSSR count). The molecule has 3 aromatic heterocycles. The third-order valence-corrected chi connectivity index (χ3v) is 6.02. The highest BCUT2D eigenvalue weighted by molar-refractivity contribution is 6.30. The van der Waals surface area contributed by atoms with Crippen LogP contribution in [0.1, 0.15) is 43.7 Å². The van der Waals surface area contributed by atoms with E-state index in [1.54, 1.807) is 24.5 Å². The average molecular weight is 423 g/mol. The summed E-state index contributed by atoms with van der Waals surface area (Å²) in [6, 6.07) is 7.80. The minimum absolute atomic E-state index is 0.191. The minimum atomic E-state index is -0.250.